The Morgan fingerprint density at radius 1 is 1.18 bits per heavy atom. The first-order chi connectivity index (χ1) is 7.90. The molecule has 3 N–H and O–H groups in total. The summed E-state index contributed by atoms with van der Waals surface area (Å²) in [6.07, 6.45) is 5.09. The summed E-state index contributed by atoms with van der Waals surface area (Å²) in [7, 11) is 0. The molecule has 0 aromatic rings. The predicted octanol–water partition coefficient (Wildman–Crippen LogP) is 0.995. The average molecular weight is 242 g/mol. The Hall–Kier alpha value is -2.11. The van der Waals surface area contributed by atoms with Crippen molar-refractivity contribution in [3.05, 3.63) is 24.8 Å². The summed E-state index contributed by atoms with van der Waals surface area (Å²) < 4.78 is 0. The van der Waals surface area contributed by atoms with E-state index < -0.39 is 29.7 Å². The molecule has 0 saturated heterocycles. The highest BCUT2D eigenvalue weighted by atomic mass is 16.4. The van der Waals surface area contributed by atoms with Crippen molar-refractivity contribution in [2.45, 2.75) is 12.8 Å². The van der Waals surface area contributed by atoms with Crippen LogP contribution in [0.15, 0.2) is 24.8 Å². The molecule has 0 heterocycles. The lowest BCUT2D eigenvalue weighted by Gasteiger charge is -2.19. The quantitative estimate of drug-likeness (QED) is 0.502. The zero-order valence-corrected chi connectivity index (χ0v) is 9.07. The lowest BCUT2D eigenvalue weighted by atomic mass is 9.84. The minimum atomic E-state index is -1.06. The van der Waals surface area contributed by atoms with Crippen molar-refractivity contribution < 1.29 is 29.7 Å². The third kappa shape index (κ3) is 5.50. The van der Waals surface area contributed by atoms with E-state index in [1.54, 1.807) is 6.08 Å². The number of aliphatic carboxylic acids is 3. The second kappa shape index (κ2) is 7.21. The molecule has 2 unspecified atom stereocenters. The lowest BCUT2D eigenvalue weighted by Crippen LogP contribution is -2.30. The van der Waals surface area contributed by atoms with Gasteiger partial charge in [-0.1, -0.05) is 18.7 Å². The summed E-state index contributed by atoms with van der Waals surface area (Å²) in [5, 5.41) is 24.9. The van der Waals surface area contributed by atoms with Gasteiger partial charge in [-0.2, -0.15) is 0 Å². The second-order valence-corrected chi connectivity index (χ2v) is 3.36. The molecule has 1 aliphatic rings. The third-order valence-corrected chi connectivity index (χ3v) is 2.20. The Kier molecular flexibility index (Phi) is 6.32. The molecule has 1 aliphatic carbocycles. The molecule has 1 rings (SSSR count). The fourth-order valence-electron chi connectivity index (χ4n) is 1.36. The van der Waals surface area contributed by atoms with Gasteiger partial charge in [0.25, 0.3) is 0 Å². The molecule has 0 aromatic heterocycles. The van der Waals surface area contributed by atoms with Gasteiger partial charge in [-0.25, -0.2) is 4.79 Å². The van der Waals surface area contributed by atoms with E-state index in [4.69, 9.17) is 15.3 Å². The summed E-state index contributed by atoms with van der Waals surface area (Å²) in [6.45, 7) is 2.96. The van der Waals surface area contributed by atoms with E-state index in [1.165, 1.54) is 6.08 Å². The molecule has 0 fully saturated rings. The third-order valence-electron chi connectivity index (χ3n) is 2.20. The highest BCUT2D eigenvalue weighted by Crippen LogP contribution is 2.24. The van der Waals surface area contributed by atoms with Crippen LogP contribution in [0, 0.1) is 11.8 Å². The first-order valence-electron chi connectivity index (χ1n) is 4.87. The van der Waals surface area contributed by atoms with Crippen molar-refractivity contribution in [3.8, 4) is 0 Å². The number of allylic oxidation sites excluding steroid dienone is 1. The Morgan fingerprint density at radius 3 is 2.00 bits per heavy atom. The minimum absolute atomic E-state index is 0.419. The smallest absolute Gasteiger partial charge is 0.327 e. The van der Waals surface area contributed by atoms with E-state index in [2.05, 4.69) is 6.58 Å². The van der Waals surface area contributed by atoms with Crippen molar-refractivity contribution in [2.75, 3.05) is 0 Å². The highest BCUT2D eigenvalue weighted by Gasteiger charge is 2.32. The second-order valence-electron chi connectivity index (χ2n) is 3.36. The van der Waals surface area contributed by atoms with Crippen molar-refractivity contribution in [2.24, 2.45) is 11.8 Å². The number of hydrogen-bond donors (Lipinski definition) is 3. The Labute approximate surface area is 97.9 Å². The molecule has 0 aromatic carbocycles. The number of hydrogen-bond acceptors (Lipinski definition) is 3. The molecule has 17 heavy (non-hydrogen) atoms. The van der Waals surface area contributed by atoms with Crippen LogP contribution in [0.3, 0.4) is 0 Å². The van der Waals surface area contributed by atoms with Gasteiger partial charge in [0.2, 0.25) is 0 Å². The summed E-state index contributed by atoms with van der Waals surface area (Å²) in [5.41, 5.74) is 0. The molecule has 2 atom stereocenters. The summed E-state index contributed by atoms with van der Waals surface area (Å²) in [4.78, 5) is 30.4. The van der Waals surface area contributed by atoms with E-state index >= 15 is 0 Å². The first-order valence-corrected chi connectivity index (χ1v) is 4.87. The normalized spacial score (nSPS) is 21.9. The zero-order valence-electron chi connectivity index (χ0n) is 9.07. The number of carbonyl (C=O) groups is 3. The van der Waals surface area contributed by atoms with Crippen molar-refractivity contribution in [1.29, 1.82) is 0 Å². The van der Waals surface area contributed by atoms with Gasteiger partial charge in [-0.15, -0.1) is 0 Å². The predicted molar refractivity (Wildman–Crippen MR) is 58.5 cm³/mol. The van der Waals surface area contributed by atoms with Crippen LogP contribution in [0.5, 0.6) is 0 Å². The van der Waals surface area contributed by atoms with Crippen molar-refractivity contribution in [1.82, 2.24) is 0 Å². The Balaban J connectivity index is 0.000000437. The van der Waals surface area contributed by atoms with Crippen molar-refractivity contribution in [3.63, 3.8) is 0 Å². The van der Waals surface area contributed by atoms with E-state index in [0.29, 0.717) is 12.8 Å². The maximum atomic E-state index is 10.6. The van der Waals surface area contributed by atoms with Gasteiger partial charge in [-0.3, -0.25) is 9.59 Å². The molecule has 0 radical (unpaired) electrons. The van der Waals surface area contributed by atoms with Gasteiger partial charge in [0.05, 0.1) is 11.8 Å². The van der Waals surface area contributed by atoms with Crippen LogP contribution in [-0.2, 0) is 14.4 Å². The first kappa shape index (κ1) is 14.9. The lowest BCUT2D eigenvalue weighted by molar-refractivity contribution is -0.152. The SMILES string of the molecule is C=CC(=O)O.O=C(O)C1C=CCCC1C(=O)O. The van der Waals surface area contributed by atoms with E-state index in [9.17, 15) is 14.4 Å². The van der Waals surface area contributed by atoms with Crippen LogP contribution < -0.4 is 0 Å². The van der Waals surface area contributed by atoms with Gasteiger partial charge in [-0.05, 0) is 12.8 Å². The zero-order chi connectivity index (χ0) is 13.4. The molecule has 94 valence electrons. The van der Waals surface area contributed by atoms with Crippen molar-refractivity contribution >= 4 is 17.9 Å². The molecule has 0 bridgehead atoms. The molecular weight excluding hydrogens is 228 g/mol. The topological polar surface area (TPSA) is 112 Å². The Bertz CT molecular complexity index is 344. The number of carboxylic acids is 3. The Morgan fingerprint density at radius 2 is 1.71 bits per heavy atom. The van der Waals surface area contributed by atoms with Gasteiger partial charge in [0, 0.05) is 6.08 Å². The maximum Gasteiger partial charge on any atom is 0.327 e. The highest BCUT2D eigenvalue weighted by molar-refractivity contribution is 5.81. The van der Waals surface area contributed by atoms with Crippen LogP contribution >= 0.6 is 0 Å². The minimum Gasteiger partial charge on any atom is -0.481 e. The monoisotopic (exact) mass is 242 g/mol. The van der Waals surface area contributed by atoms with Crippen LogP contribution in [0.25, 0.3) is 0 Å². The fraction of sp³-hybridized carbons (Fsp3) is 0.364. The molecule has 6 nitrogen and oxygen atoms in total. The van der Waals surface area contributed by atoms with Crippen LogP contribution in [0.2, 0.25) is 0 Å². The molecular formula is C11H14O6. The molecule has 6 heteroatoms. The van der Waals surface area contributed by atoms with Gasteiger partial charge in [0.15, 0.2) is 0 Å². The fourth-order valence-corrected chi connectivity index (χ4v) is 1.36. The molecule has 0 aliphatic heterocycles. The largest absolute Gasteiger partial charge is 0.481 e. The van der Waals surface area contributed by atoms with E-state index in [0.717, 1.165) is 6.08 Å². The molecule has 0 saturated carbocycles. The number of carboxylic acid groups (broad SMARTS) is 3. The summed E-state index contributed by atoms with van der Waals surface area (Å²) >= 11 is 0. The van der Waals surface area contributed by atoms with Gasteiger partial charge in [0.1, 0.15) is 0 Å². The molecule has 0 spiro atoms. The maximum absolute atomic E-state index is 10.6. The summed E-state index contributed by atoms with van der Waals surface area (Å²) in [6, 6.07) is 0. The number of rotatable bonds is 3. The van der Waals surface area contributed by atoms with Crippen LogP contribution in [-0.4, -0.2) is 33.2 Å². The molecule has 0 amide bonds. The van der Waals surface area contributed by atoms with E-state index in [-0.39, 0.29) is 0 Å². The van der Waals surface area contributed by atoms with Crippen LogP contribution in [0.1, 0.15) is 12.8 Å². The standard InChI is InChI=1S/C8H10O4.C3H4O2/c9-7(10)5-3-1-2-4-6(5)8(11)12;1-2-3(4)5/h1,3,5-6H,2,4H2,(H,9,10)(H,11,12);2H,1H2,(H,4,5). The van der Waals surface area contributed by atoms with E-state index in [1.807, 2.05) is 0 Å². The van der Waals surface area contributed by atoms with Gasteiger partial charge < -0.3 is 15.3 Å². The average Bonchev–Trinajstić information content (AvgIpc) is 2.29. The van der Waals surface area contributed by atoms with Crippen LogP contribution in [0.4, 0.5) is 0 Å². The van der Waals surface area contributed by atoms with Gasteiger partial charge >= 0.3 is 17.9 Å². The summed E-state index contributed by atoms with van der Waals surface area (Å²) in [5.74, 6) is -4.67.